The van der Waals surface area contributed by atoms with Crippen LogP contribution in [0.25, 0.3) is 33.7 Å². The van der Waals surface area contributed by atoms with Crippen LogP contribution in [-0.2, 0) is 17.3 Å². The van der Waals surface area contributed by atoms with E-state index in [9.17, 15) is 13.2 Å². The Labute approximate surface area is 229 Å². The number of alkyl halides is 3. The topological polar surface area (TPSA) is 25.8 Å². The molecule has 1 aliphatic carbocycles. The molecule has 1 aromatic heterocycles. The van der Waals surface area contributed by atoms with Gasteiger partial charge >= 0.3 is 6.18 Å². The van der Waals surface area contributed by atoms with Gasteiger partial charge in [0.05, 0.1) is 16.8 Å². The minimum atomic E-state index is -4.26. The van der Waals surface area contributed by atoms with Gasteiger partial charge in [-0.2, -0.15) is 13.2 Å². The Bertz CT molecular complexity index is 1580. The van der Waals surface area contributed by atoms with Gasteiger partial charge < -0.3 is 0 Å². The third-order valence-electron chi connectivity index (χ3n) is 8.08. The van der Waals surface area contributed by atoms with Gasteiger partial charge in [0.1, 0.15) is 6.33 Å². The summed E-state index contributed by atoms with van der Waals surface area (Å²) in [7, 11) is 0. The molecule has 3 aromatic carbocycles. The molecule has 0 spiro atoms. The van der Waals surface area contributed by atoms with Gasteiger partial charge in [-0.15, -0.1) is 0 Å². The largest absolute Gasteiger partial charge is 0.394 e. The Morgan fingerprint density at radius 1 is 0.795 bits per heavy atom. The van der Waals surface area contributed by atoms with Crippen LogP contribution >= 0.6 is 0 Å². The lowest BCUT2D eigenvalue weighted by Gasteiger charge is -2.29. The SMILES string of the molecule is CC(C)(C)c1cc(-c2ncnc3c2C(C)(C)C(c2ccc(CC(C)(C)C(F)(F)F)cc2)=C3)cc2ccccc12. The van der Waals surface area contributed by atoms with Gasteiger partial charge in [0.15, 0.2) is 0 Å². The molecule has 0 saturated carbocycles. The van der Waals surface area contributed by atoms with Crippen molar-refractivity contribution in [2.75, 3.05) is 0 Å². The van der Waals surface area contributed by atoms with Crippen molar-refractivity contribution in [3.8, 4) is 11.3 Å². The smallest absolute Gasteiger partial charge is 0.237 e. The summed E-state index contributed by atoms with van der Waals surface area (Å²) in [5.74, 6) is 0. The molecule has 5 rings (SSSR count). The normalized spacial score (nSPS) is 15.4. The van der Waals surface area contributed by atoms with Gasteiger partial charge in [-0.3, -0.25) is 0 Å². The maximum absolute atomic E-state index is 13.4. The number of rotatable bonds is 4. The van der Waals surface area contributed by atoms with Crippen LogP contribution < -0.4 is 0 Å². The summed E-state index contributed by atoms with van der Waals surface area (Å²) < 4.78 is 40.3. The van der Waals surface area contributed by atoms with E-state index in [2.05, 4.69) is 82.1 Å². The van der Waals surface area contributed by atoms with E-state index in [4.69, 9.17) is 4.98 Å². The summed E-state index contributed by atoms with van der Waals surface area (Å²) in [4.78, 5) is 9.43. The van der Waals surface area contributed by atoms with Gasteiger partial charge in [-0.05, 0) is 63.1 Å². The molecule has 0 saturated heterocycles. The molecule has 202 valence electrons. The fraction of sp³-hybridized carbons (Fsp3) is 0.353. The van der Waals surface area contributed by atoms with E-state index in [-0.39, 0.29) is 11.8 Å². The number of fused-ring (bicyclic) bond motifs is 2. The molecular weight excluding hydrogens is 493 g/mol. The fourth-order valence-electron chi connectivity index (χ4n) is 5.72. The van der Waals surface area contributed by atoms with Gasteiger partial charge in [-0.1, -0.05) is 97.0 Å². The number of hydrogen-bond donors (Lipinski definition) is 0. The van der Waals surface area contributed by atoms with Crippen molar-refractivity contribution in [3.63, 3.8) is 0 Å². The lowest BCUT2D eigenvalue weighted by Crippen LogP contribution is -2.34. The third kappa shape index (κ3) is 4.77. The minimum absolute atomic E-state index is 0.0484. The highest BCUT2D eigenvalue weighted by atomic mass is 19.4. The first-order valence-electron chi connectivity index (χ1n) is 13.4. The average molecular weight is 529 g/mol. The number of allylic oxidation sites excluding steroid dienone is 1. The van der Waals surface area contributed by atoms with Crippen LogP contribution in [0.15, 0.2) is 67.0 Å². The van der Waals surface area contributed by atoms with E-state index in [1.54, 1.807) is 6.33 Å². The lowest BCUT2D eigenvalue weighted by molar-refractivity contribution is -0.211. The maximum atomic E-state index is 13.4. The zero-order chi connectivity index (χ0) is 28.4. The van der Waals surface area contributed by atoms with Crippen LogP contribution in [0.1, 0.15) is 76.4 Å². The third-order valence-corrected chi connectivity index (χ3v) is 8.08. The molecule has 0 radical (unpaired) electrons. The molecule has 39 heavy (non-hydrogen) atoms. The number of benzene rings is 3. The van der Waals surface area contributed by atoms with E-state index >= 15 is 0 Å². The Morgan fingerprint density at radius 2 is 1.46 bits per heavy atom. The monoisotopic (exact) mass is 528 g/mol. The Kier molecular flexibility index (Phi) is 6.28. The van der Waals surface area contributed by atoms with Crippen molar-refractivity contribution in [1.82, 2.24) is 9.97 Å². The molecule has 5 heteroatoms. The summed E-state index contributed by atoms with van der Waals surface area (Å²) in [5, 5.41) is 2.42. The van der Waals surface area contributed by atoms with E-state index < -0.39 is 17.0 Å². The molecule has 0 atom stereocenters. The molecule has 0 N–H and O–H groups in total. The van der Waals surface area contributed by atoms with Gasteiger partial charge in [0, 0.05) is 16.5 Å². The number of halogens is 3. The van der Waals surface area contributed by atoms with Crippen LogP contribution in [-0.4, -0.2) is 16.1 Å². The Morgan fingerprint density at radius 3 is 2.10 bits per heavy atom. The predicted octanol–water partition coefficient (Wildman–Crippen LogP) is 9.56. The zero-order valence-corrected chi connectivity index (χ0v) is 23.7. The van der Waals surface area contributed by atoms with Crippen molar-refractivity contribution in [2.24, 2.45) is 5.41 Å². The Hall–Kier alpha value is -3.47. The second kappa shape index (κ2) is 9.04. The van der Waals surface area contributed by atoms with Crippen molar-refractivity contribution in [2.45, 2.75) is 71.9 Å². The summed E-state index contributed by atoms with van der Waals surface area (Å²) in [6.45, 7) is 13.5. The molecule has 0 amide bonds. The quantitative estimate of drug-likeness (QED) is 0.264. The first-order chi connectivity index (χ1) is 18.1. The van der Waals surface area contributed by atoms with Gasteiger partial charge in [0.2, 0.25) is 0 Å². The number of nitrogens with zero attached hydrogens (tertiary/aromatic N) is 2. The molecular formula is C34H35F3N2. The van der Waals surface area contributed by atoms with Crippen LogP contribution in [0, 0.1) is 5.41 Å². The minimum Gasteiger partial charge on any atom is -0.237 e. The standard InChI is InChI=1S/C34H35F3N2/c1-31(2,3)27-17-24(16-23-10-8-9-11-25(23)27)30-29-28(38-20-39-30)18-26(33(29,6)7)22-14-12-21(13-15-22)19-32(4,5)34(35,36)37/h8-18,20H,19H2,1-7H3. The first-order valence-corrected chi connectivity index (χ1v) is 13.4. The van der Waals surface area contributed by atoms with Crippen molar-refractivity contribution in [1.29, 1.82) is 0 Å². The Balaban J connectivity index is 1.55. The zero-order valence-electron chi connectivity index (χ0n) is 23.7. The number of aromatic nitrogens is 2. The van der Waals surface area contributed by atoms with Crippen molar-refractivity contribution < 1.29 is 13.2 Å². The molecule has 1 aliphatic rings. The van der Waals surface area contributed by atoms with Crippen LogP contribution in [0.4, 0.5) is 13.2 Å². The fourth-order valence-corrected chi connectivity index (χ4v) is 5.72. The van der Waals surface area contributed by atoms with E-state index in [1.165, 1.54) is 30.2 Å². The second-order valence-corrected chi connectivity index (χ2v) is 12.9. The van der Waals surface area contributed by atoms with E-state index in [0.717, 1.165) is 33.7 Å². The van der Waals surface area contributed by atoms with Gasteiger partial charge in [0.25, 0.3) is 0 Å². The second-order valence-electron chi connectivity index (χ2n) is 12.9. The van der Waals surface area contributed by atoms with Crippen LogP contribution in [0.3, 0.4) is 0 Å². The summed E-state index contributed by atoms with van der Waals surface area (Å²) in [5.41, 5.74) is 5.69. The molecule has 4 aromatic rings. The maximum Gasteiger partial charge on any atom is 0.394 e. The van der Waals surface area contributed by atoms with Crippen LogP contribution in [0.2, 0.25) is 0 Å². The molecule has 0 aliphatic heterocycles. The lowest BCUT2D eigenvalue weighted by atomic mass is 9.76. The highest BCUT2D eigenvalue weighted by molar-refractivity contribution is 5.97. The van der Waals surface area contributed by atoms with Crippen molar-refractivity contribution >= 4 is 22.4 Å². The van der Waals surface area contributed by atoms with E-state index in [1.807, 2.05) is 24.3 Å². The average Bonchev–Trinajstić information content (AvgIpc) is 3.13. The molecule has 2 nitrogen and oxygen atoms in total. The molecule has 0 bridgehead atoms. The molecule has 0 fully saturated rings. The highest BCUT2D eigenvalue weighted by Gasteiger charge is 2.47. The molecule has 1 heterocycles. The molecule has 0 unspecified atom stereocenters. The predicted molar refractivity (Wildman–Crippen MR) is 155 cm³/mol. The van der Waals surface area contributed by atoms with Crippen LogP contribution in [0.5, 0.6) is 0 Å². The van der Waals surface area contributed by atoms with Gasteiger partial charge in [-0.25, -0.2) is 9.97 Å². The first kappa shape index (κ1) is 27.1. The summed E-state index contributed by atoms with van der Waals surface area (Å²) >= 11 is 0. The highest BCUT2D eigenvalue weighted by Crippen LogP contribution is 2.49. The summed E-state index contributed by atoms with van der Waals surface area (Å²) in [6, 6.07) is 20.4. The van der Waals surface area contributed by atoms with Crippen molar-refractivity contribution in [3.05, 3.63) is 94.9 Å². The number of hydrogen-bond acceptors (Lipinski definition) is 2. The summed E-state index contributed by atoms with van der Waals surface area (Å²) in [6.07, 6.45) is -0.597. The van der Waals surface area contributed by atoms with E-state index in [0.29, 0.717) is 5.56 Å².